The molecular weight excluding hydrogens is 799 g/mol. The van der Waals surface area contributed by atoms with E-state index in [0.717, 1.165) is 70.6 Å². The molecule has 0 aromatic heterocycles. The number of aliphatic hydroxyl groups excluding tert-OH is 5. The number of phosphoric acid groups is 1. The van der Waals surface area contributed by atoms with Crippen molar-refractivity contribution in [3.8, 4) is 0 Å². The maximum atomic E-state index is 12.8. The lowest BCUT2D eigenvalue weighted by Crippen LogP contribution is -2.64. The number of hydrogen-bond donors (Lipinski definition) is 6. The van der Waals surface area contributed by atoms with E-state index in [1.807, 2.05) is 0 Å². The Balaban J connectivity index is 2.32. The molecular formula is C48H91O12P. The summed E-state index contributed by atoms with van der Waals surface area (Å²) in [5.74, 6) is -0.489. The first-order chi connectivity index (χ1) is 29.5. The second kappa shape index (κ2) is 39.2. The van der Waals surface area contributed by atoms with E-state index in [1.54, 1.807) is 0 Å². The van der Waals surface area contributed by atoms with Gasteiger partial charge in [0.25, 0.3) is 0 Å². The zero-order valence-corrected chi connectivity index (χ0v) is 39.4. The summed E-state index contributed by atoms with van der Waals surface area (Å²) >= 11 is 0. The van der Waals surface area contributed by atoms with E-state index in [1.165, 1.54) is 116 Å². The maximum Gasteiger partial charge on any atom is 0.472 e. The minimum absolute atomic E-state index is 0.0782. The van der Waals surface area contributed by atoms with Crippen LogP contribution in [0.15, 0.2) is 24.3 Å². The quantitative estimate of drug-likeness (QED) is 0.0147. The van der Waals surface area contributed by atoms with Crippen molar-refractivity contribution in [2.24, 2.45) is 0 Å². The van der Waals surface area contributed by atoms with Gasteiger partial charge in [0.15, 0.2) is 0 Å². The predicted molar refractivity (Wildman–Crippen MR) is 244 cm³/mol. The van der Waals surface area contributed by atoms with Crippen molar-refractivity contribution in [1.82, 2.24) is 0 Å². The van der Waals surface area contributed by atoms with E-state index in [4.69, 9.17) is 18.5 Å². The van der Waals surface area contributed by atoms with E-state index in [9.17, 15) is 39.8 Å². The van der Waals surface area contributed by atoms with E-state index in [-0.39, 0.29) is 13.0 Å². The number of phosphoric ester groups is 1. The molecule has 61 heavy (non-hydrogen) atoms. The fourth-order valence-corrected chi connectivity index (χ4v) is 8.60. The van der Waals surface area contributed by atoms with Crippen LogP contribution in [0.1, 0.15) is 213 Å². The van der Waals surface area contributed by atoms with Crippen molar-refractivity contribution in [3.63, 3.8) is 0 Å². The summed E-state index contributed by atoms with van der Waals surface area (Å²) in [7, 11) is -5.02. The molecule has 1 aliphatic rings. The highest BCUT2D eigenvalue weighted by atomic mass is 31.2. The molecule has 1 aliphatic carbocycles. The van der Waals surface area contributed by atoms with Gasteiger partial charge in [-0.15, -0.1) is 0 Å². The van der Waals surface area contributed by atoms with Crippen molar-refractivity contribution in [2.75, 3.05) is 19.8 Å². The van der Waals surface area contributed by atoms with Crippen LogP contribution in [-0.4, -0.2) is 98.9 Å². The Labute approximate surface area is 370 Å². The maximum absolute atomic E-state index is 12.8. The Hall–Kier alpha value is -1.18. The molecule has 0 saturated heterocycles. The second-order valence-corrected chi connectivity index (χ2v) is 18.7. The molecule has 0 aromatic carbocycles. The van der Waals surface area contributed by atoms with Crippen LogP contribution in [-0.2, 0) is 27.9 Å². The Bertz CT molecular complexity index is 1110. The van der Waals surface area contributed by atoms with Gasteiger partial charge in [-0.3, -0.25) is 13.8 Å². The number of esters is 1. The van der Waals surface area contributed by atoms with Crippen LogP contribution in [0.3, 0.4) is 0 Å². The van der Waals surface area contributed by atoms with E-state index >= 15 is 0 Å². The molecule has 6 unspecified atom stereocenters. The number of allylic oxidation sites excluding steroid dienone is 4. The van der Waals surface area contributed by atoms with Crippen molar-refractivity contribution < 1.29 is 58.3 Å². The van der Waals surface area contributed by atoms with E-state index in [2.05, 4.69) is 38.2 Å². The molecule has 360 valence electrons. The summed E-state index contributed by atoms with van der Waals surface area (Å²) in [4.78, 5) is 23.2. The van der Waals surface area contributed by atoms with E-state index < -0.39 is 63.1 Å². The van der Waals surface area contributed by atoms with Gasteiger partial charge in [0.1, 0.15) is 42.7 Å². The second-order valence-electron chi connectivity index (χ2n) is 17.3. The number of carbonyl (C=O) groups excluding carboxylic acids is 1. The standard InChI is InChI=1S/C48H91O12P/c1-3-5-7-9-11-13-15-17-18-19-20-21-22-23-24-26-28-30-32-34-36-38-57-39-41(40-58-61(55,56)60-48-46(53)44(51)43(50)45(52)47(48)54)59-42(49)37-35-33-31-29-27-25-16-14-12-10-8-6-4-2/h8,10,14,16,41,43-48,50-54H,3-7,9,11-13,15,17-40H2,1-2H3,(H,55,56)/b10-8-,16-14-. The Morgan fingerprint density at radius 2 is 0.951 bits per heavy atom. The normalized spacial score (nSPS) is 22.3. The molecule has 1 fully saturated rings. The van der Waals surface area contributed by atoms with E-state index in [0.29, 0.717) is 13.0 Å². The smallest absolute Gasteiger partial charge is 0.457 e. The van der Waals surface area contributed by atoms with Gasteiger partial charge in [0.05, 0.1) is 13.2 Å². The molecule has 0 aromatic rings. The number of rotatable bonds is 42. The summed E-state index contributed by atoms with van der Waals surface area (Å²) in [5, 5.41) is 50.2. The highest BCUT2D eigenvalue weighted by Gasteiger charge is 2.51. The molecule has 6 N–H and O–H groups in total. The first-order valence-electron chi connectivity index (χ1n) is 24.7. The number of aliphatic hydroxyl groups is 5. The third-order valence-corrected chi connectivity index (χ3v) is 12.5. The fourth-order valence-electron chi connectivity index (χ4n) is 7.63. The highest BCUT2D eigenvalue weighted by Crippen LogP contribution is 2.47. The van der Waals surface area contributed by atoms with Crippen LogP contribution < -0.4 is 0 Å². The van der Waals surface area contributed by atoms with Gasteiger partial charge in [-0.05, 0) is 38.5 Å². The van der Waals surface area contributed by atoms with Crippen LogP contribution in [0.4, 0.5) is 0 Å². The third-order valence-electron chi connectivity index (χ3n) is 11.6. The summed E-state index contributed by atoms with van der Waals surface area (Å²) in [5.41, 5.74) is 0. The summed E-state index contributed by atoms with van der Waals surface area (Å²) in [6.45, 7) is 4.21. The number of ether oxygens (including phenoxy) is 2. The van der Waals surface area contributed by atoms with Crippen LogP contribution in [0.2, 0.25) is 0 Å². The zero-order chi connectivity index (χ0) is 44.8. The van der Waals surface area contributed by atoms with Gasteiger partial charge >= 0.3 is 13.8 Å². The minimum atomic E-state index is -5.02. The number of unbranched alkanes of at least 4 members (excludes halogenated alkanes) is 26. The molecule has 12 nitrogen and oxygen atoms in total. The van der Waals surface area contributed by atoms with Gasteiger partial charge < -0.3 is 39.9 Å². The van der Waals surface area contributed by atoms with Crippen molar-refractivity contribution in [1.29, 1.82) is 0 Å². The molecule has 0 aliphatic heterocycles. The SMILES string of the molecule is CCC/C=C\C/C=C\CCCCCCCC(=O)OC(COCCCCCCCCCCCCCCCCCCCCCCC)COP(=O)(O)OC1C(O)C(O)C(O)C(O)C1O. The molecule has 0 heterocycles. The average molecular weight is 891 g/mol. The van der Waals surface area contributed by atoms with Crippen LogP contribution in [0.25, 0.3) is 0 Å². The lowest BCUT2D eigenvalue weighted by Gasteiger charge is -2.41. The largest absolute Gasteiger partial charge is 0.472 e. The molecule has 0 amide bonds. The van der Waals surface area contributed by atoms with Gasteiger partial charge in [-0.2, -0.15) is 0 Å². The highest BCUT2D eigenvalue weighted by molar-refractivity contribution is 7.47. The molecule has 0 spiro atoms. The molecule has 6 atom stereocenters. The monoisotopic (exact) mass is 891 g/mol. The van der Waals surface area contributed by atoms with Gasteiger partial charge in [-0.1, -0.05) is 192 Å². The molecule has 1 saturated carbocycles. The first-order valence-corrected chi connectivity index (χ1v) is 26.2. The Morgan fingerprint density at radius 3 is 1.44 bits per heavy atom. The lowest BCUT2D eigenvalue weighted by molar-refractivity contribution is -0.220. The van der Waals surface area contributed by atoms with Crippen LogP contribution in [0.5, 0.6) is 0 Å². The van der Waals surface area contributed by atoms with Crippen LogP contribution in [0, 0.1) is 0 Å². The van der Waals surface area contributed by atoms with Crippen LogP contribution >= 0.6 is 7.82 Å². The molecule has 0 bridgehead atoms. The summed E-state index contributed by atoms with van der Waals surface area (Å²) < 4.78 is 34.2. The fraction of sp³-hybridized carbons (Fsp3) is 0.896. The van der Waals surface area contributed by atoms with Crippen molar-refractivity contribution in [2.45, 2.75) is 256 Å². The Morgan fingerprint density at radius 1 is 0.525 bits per heavy atom. The van der Waals surface area contributed by atoms with Gasteiger partial charge in [0, 0.05) is 13.0 Å². The topological polar surface area (TPSA) is 192 Å². The first kappa shape index (κ1) is 57.8. The van der Waals surface area contributed by atoms with Crippen molar-refractivity contribution in [3.05, 3.63) is 24.3 Å². The molecule has 1 rings (SSSR count). The lowest BCUT2D eigenvalue weighted by atomic mass is 9.85. The molecule has 13 heteroatoms. The zero-order valence-electron chi connectivity index (χ0n) is 38.5. The van der Waals surface area contributed by atoms with Gasteiger partial charge in [-0.25, -0.2) is 4.57 Å². The minimum Gasteiger partial charge on any atom is -0.457 e. The molecule has 0 radical (unpaired) electrons. The van der Waals surface area contributed by atoms with Crippen molar-refractivity contribution >= 4 is 13.8 Å². The average Bonchev–Trinajstić information content (AvgIpc) is 3.24. The summed E-state index contributed by atoms with van der Waals surface area (Å²) in [6.07, 6.45) is 32.5. The third kappa shape index (κ3) is 31.4. The van der Waals surface area contributed by atoms with Gasteiger partial charge in [0.2, 0.25) is 0 Å². The predicted octanol–water partition coefficient (Wildman–Crippen LogP) is 10.5. The number of carbonyl (C=O) groups is 1. The summed E-state index contributed by atoms with van der Waals surface area (Å²) in [6, 6.07) is 0. The number of hydrogen-bond acceptors (Lipinski definition) is 11. The Kier molecular flexibility index (Phi) is 37.2.